The lowest BCUT2D eigenvalue weighted by Gasteiger charge is -2.34. The fraction of sp³-hybridized carbons (Fsp3) is 0.455. The highest BCUT2D eigenvalue weighted by Crippen LogP contribution is 2.21. The van der Waals surface area contributed by atoms with E-state index in [1.807, 2.05) is 6.92 Å². The first-order valence-electron chi connectivity index (χ1n) is 10.7. The third-order valence-corrected chi connectivity index (χ3v) is 5.27. The number of carboxylic acid groups (broad SMARTS) is 1. The van der Waals surface area contributed by atoms with Crippen LogP contribution < -0.4 is 10.6 Å². The molecule has 0 unspecified atom stereocenters. The Morgan fingerprint density at radius 1 is 1.12 bits per heavy atom. The molecule has 1 saturated heterocycles. The van der Waals surface area contributed by atoms with E-state index in [4.69, 9.17) is 5.11 Å². The summed E-state index contributed by atoms with van der Waals surface area (Å²) in [6.45, 7) is 7.42. The van der Waals surface area contributed by atoms with Crippen LogP contribution in [-0.4, -0.2) is 75.3 Å². The number of piperazine rings is 1. The summed E-state index contributed by atoms with van der Waals surface area (Å²) in [5.74, 6) is -0.666. The average Bonchev–Trinajstić information content (AvgIpc) is 3.20. The number of aryl methyl sites for hydroxylation is 1. The monoisotopic (exact) mass is 442 g/mol. The van der Waals surface area contributed by atoms with Gasteiger partial charge < -0.3 is 20.6 Å². The predicted molar refractivity (Wildman–Crippen MR) is 121 cm³/mol. The number of nitrogens with one attached hydrogen (secondary N) is 2. The summed E-state index contributed by atoms with van der Waals surface area (Å²) in [5, 5.41) is 18.9. The number of amides is 2. The van der Waals surface area contributed by atoms with Crippen molar-refractivity contribution in [3.63, 3.8) is 0 Å². The number of anilines is 2. The first kappa shape index (κ1) is 23.3. The first-order chi connectivity index (χ1) is 15.3. The zero-order chi connectivity index (χ0) is 23.1. The van der Waals surface area contributed by atoms with Crippen LogP contribution in [-0.2, 0) is 16.1 Å². The molecule has 10 nitrogen and oxygen atoms in total. The van der Waals surface area contributed by atoms with Crippen LogP contribution in [0, 0.1) is 6.92 Å². The molecule has 2 heterocycles. The first-order valence-corrected chi connectivity index (χ1v) is 10.7. The van der Waals surface area contributed by atoms with E-state index in [1.54, 1.807) is 17.2 Å². The molecule has 3 N–H and O–H groups in total. The SMILES string of the molecule is CC(=O)Nc1ccn(C(=O)N2CCN(Cc3ccc(C)cc3NCCCC(=O)O)CC2)n1. The van der Waals surface area contributed by atoms with Crippen LogP contribution >= 0.6 is 0 Å². The van der Waals surface area contributed by atoms with Crippen molar-refractivity contribution < 1.29 is 19.5 Å². The fourth-order valence-electron chi connectivity index (χ4n) is 3.62. The van der Waals surface area contributed by atoms with Crippen molar-refractivity contribution in [1.29, 1.82) is 0 Å². The molecule has 0 spiro atoms. The molecule has 0 radical (unpaired) electrons. The molecule has 1 aliphatic rings. The maximum absolute atomic E-state index is 12.7. The number of hydrogen-bond acceptors (Lipinski definition) is 6. The lowest BCUT2D eigenvalue weighted by Crippen LogP contribution is -2.49. The average molecular weight is 443 g/mol. The minimum atomic E-state index is -0.787. The van der Waals surface area contributed by atoms with Crippen LogP contribution in [0.3, 0.4) is 0 Å². The highest BCUT2D eigenvalue weighted by Gasteiger charge is 2.23. The van der Waals surface area contributed by atoms with Gasteiger partial charge in [0.15, 0.2) is 5.82 Å². The van der Waals surface area contributed by atoms with Gasteiger partial charge in [0.25, 0.3) is 0 Å². The molecule has 2 amide bonds. The number of benzene rings is 1. The summed E-state index contributed by atoms with van der Waals surface area (Å²) < 4.78 is 1.25. The summed E-state index contributed by atoms with van der Waals surface area (Å²) in [4.78, 5) is 38.6. The van der Waals surface area contributed by atoms with Gasteiger partial charge in [0.2, 0.25) is 5.91 Å². The van der Waals surface area contributed by atoms with Gasteiger partial charge in [-0.2, -0.15) is 4.68 Å². The van der Waals surface area contributed by atoms with Gasteiger partial charge in [0.05, 0.1) is 0 Å². The Kier molecular flexibility index (Phi) is 7.82. The molecule has 172 valence electrons. The van der Waals surface area contributed by atoms with Gasteiger partial charge in [0.1, 0.15) is 0 Å². The second-order valence-corrected chi connectivity index (χ2v) is 7.96. The molecule has 32 heavy (non-hydrogen) atoms. The van der Waals surface area contributed by atoms with Gasteiger partial charge in [-0.25, -0.2) is 4.79 Å². The van der Waals surface area contributed by atoms with E-state index in [0.29, 0.717) is 31.9 Å². The molecule has 1 aromatic heterocycles. The number of aliphatic carboxylic acids is 1. The quantitative estimate of drug-likeness (QED) is 0.536. The Bertz CT molecular complexity index is 965. The minimum absolute atomic E-state index is 0.146. The van der Waals surface area contributed by atoms with E-state index in [-0.39, 0.29) is 18.4 Å². The third-order valence-electron chi connectivity index (χ3n) is 5.27. The molecule has 1 aromatic carbocycles. The molecular formula is C22H30N6O4. The summed E-state index contributed by atoms with van der Waals surface area (Å²) in [7, 11) is 0. The number of hydrogen-bond donors (Lipinski definition) is 3. The van der Waals surface area contributed by atoms with Crippen molar-refractivity contribution in [2.45, 2.75) is 33.2 Å². The predicted octanol–water partition coefficient (Wildman–Crippen LogP) is 2.21. The molecule has 1 fully saturated rings. The molecule has 0 saturated carbocycles. The smallest absolute Gasteiger partial charge is 0.344 e. The molecule has 3 rings (SSSR count). The normalized spacial score (nSPS) is 14.2. The standard InChI is InChI=1S/C22H30N6O4/c1-16-5-6-18(19(14-16)23-8-3-4-21(30)31)15-26-10-12-27(13-11-26)22(32)28-9-7-20(25-28)24-17(2)29/h5-7,9,14,23H,3-4,8,10-13,15H2,1-2H3,(H,30,31)(H,24,25,29). The van der Waals surface area contributed by atoms with Crippen molar-refractivity contribution in [1.82, 2.24) is 19.6 Å². The Hall–Kier alpha value is -3.40. The van der Waals surface area contributed by atoms with E-state index >= 15 is 0 Å². The number of rotatable bonds is 8. The molecular weight excluding hydrogens is 412 g/mol. The van der Waals surface area contributed by atoms with Crippen molar-refractivity contribution in [3.8, 4) is 0 Å². The van der Waals surface area contributed by atoms with Gasteiger partial charge >= 0.3 is 12.0 Å². The Balaban J connectivity index is 1.53. The van der Waals surface area contributed by atoms with E-state index in [9.17, 15) is 14.4 Å². The van der Waals surface area contributed by atoms with Crippen molar-refractivity contribution >= 4 is 29.4 Å². The third kappa shape index (κ3) is 6.55. The van der Waals surface area contributed by atoms with E-state index in [1.165, 1.54) is 11.6 Å². The lowest BCUT2D eigenvalue weighted by atomic mass is 10.1. The van der Waals surface area contributed by atoms with Crippen LogP contribution in [0.15, 0.2) is 30.5 Å². The van der Waals surface area contributed by atoms with Gasteiger partial charge in [-0.1, -0.05) is 12.1 Å². The largest absolute Gasteiger partial charge is 0.481 e. The second-order valence-electron chi connectivity index (χ2n) is 7.96. The Morgan fingerprint density at radius 3 is 2.56 bits per heavy atom. The van der Waals surface area contributed by atoms with E-state index < -0.39 is 5.97 Å². The number of nitrogens with zero attached hydrogens (tertiary/aromatic N) is 4. The van der Waals surface area contributed by atoms with Crippen molar-refractivity contribution in [3.05, 3.63) is 41.6 Å². The highest BCUT2D eigenvalue weighted by molar-refractivity contribution is 5.88. The minimum Gasteiger partial charge on any atom is -0.481 e. The van der Waals surface area contributed by atoms with Crippen LogP contribution in [0.1, 0.15) is 30.9 Å². The van der Waals surface area contributed by atoms with Gasteiger partial charge in [-0.05, 0) is 30.5 Å². The molecule has 1 aliphatic heterocycles. The summed E-state index contributed by atoms with van der Waals surface area (Å²) in [5.41, 5.74) is 3.32. The number of aromatic nitrogens is 2. The van der Waals surface area contributed by atoms with Crippen molar-refractivity contribution in [2.75, 3.05) is 43.4 Å². The van der Waals surface area contributed by atoms with Crippen LogP contribution in [0.2, 0.25) is 0 Å². The topological polar surface area (TPSA) is 120 Å². The maximum atomic E-state index is 12.7. The van der Waals surface area contributed by atoms with Crippen molar-refractivity contribution in [2.24, 2.45) is 0 Å². The Morgan fingerprint density at radius 2 is 1.88 bits per heavy atom. The van der Waals surface area contributed by atoms with Gasteiger partial charge in [-0.15, -0.1) is 5.10 Å². The molecule has 0 bridgehead atoms. The van der Waals surface area contributed by atoms with E-state index in [2.05, 4.69) is 38.8 Å². The molecule has 0 atom stereocenters. The number of carboxylic acids is 1. The van der Waals surface area contributed by atoms with Crippen LogP contribution in [0.4, 0.5) is 16.3 Å². The van der Waals surface area contributed by atoms with Gasteiger partial charge in [0, 0.05) is 70.6 Å². The fourth-order valence-corrected chi connectivity index (χ4v) is 3.62. The molecule has 10 heteroatoms. The second kappa shape index (κ2) is 10.8. The molecule has 2 aromatic rings. The maximum Gasteiger partial charge on any atom is 0.344 e. The summed E-state index contributed by atoms with van der Waals surface area (Å²) in [6, 6.07) is 7.64. The van der Waals surface area contributed by atoms with Crippen LogP contribution in [0.5, 0.6) is 0 Å². The lowest BCUT2D eigenvalue weighted by molar-refractivity contribution is -0.137. The molecule has 0 aliphatic carbocycles. The van der Waals surface area contributed by atoms with Gasteiger partial charge in [-0.3, -0.25) is 14.5 Å². The Labute approximate surface area is 187 Å². The number of carbonyl (C=O) groups is 3. The summed E-state index contributed by atoms with van der Waals surface area (Å²) >= 11 is 0. The zero-order valence-corrected chi connectivity index (χ0v) is 18.5. The van der Waals surface area contributed by atoms with Crippen LogP contribution in [0.25, 0.3) is 0 Å². The summed E-state index contributed by atoms with van der Waals surface area (Å²) in [6.07, 6.45) is 2.27. The van der Waals surface area contributed by atoms with E-state index in [0.717, 1.165) is 36.4 Å². The highest BCUT2D eigenvalue weighted by atomic mass is 16.4. The zero-order valence-electron chi connectivity index (χ0n) is 18.5. The number of carbonyl (C=O) groups excluding carboxylic acids is 2.